The van der Waals surface area contributed by atoms with Gasteiger partial charge in [-0.15, -0.1) is 0 Å². The maximum atomic E-state index is 12.4. The highest BCUT2D eigenvalue weighted by Crippen LogP contribution is 2.34. The molecule has 0 atom stereocenters. The van der Waals surface area contributed by atoms with Crippen molar-refractivity contribution < 1.29 is 33.3 Å². The van der Waals surface area contributed by atoms with Crippen LogP contribution in [0.5, 0.6) is 0 Å². The van der Waals surface area contributed by atoms with E-state index in [1.165, 1.54) is 7.11 Å². The molecule has 0 bridgehead atoms. The Morgan fingerprint density at radius 2 is 1.56 bits per heavy atom. The molecule has 32 heavy (non-hydrogen) atoms. The number of ether oxygens (including phenoxy) is 5. The minimum atomic E-state index is -0.424. The second-order valence-electron chi connectivity index (χ2n) is 8.66. The van der Waals surface area contributed by atoms with E-state index in [2.05, 4.69) is 5.32 Å². The summed E-state index contributed by atoms with van der Waals surface area (Å²) in [7, 11) is 1.44. The van der Waals surface area contributed by atoms with Gasteiger partial charge < -0.3 is 29.0 Å². The maximum absolute atomic E-state index is 12.4. The van der Waals surface area contributed by atoms with Crippen molar-refractivity contribution in [2.45, 2.75) is 51.1 Å². The van der Waals surface area contributed by atoms with Crippen LogP contribution in [0.15, 0.2) is 18.2 Å². The fraction of sp³-hybridized carbons (Fsp3) is 0.667. The molecule has 0 spiro atoms. The van der Waals surface area contributed by atoms with Crippen molar-refractivity contribution in [1.82, 2.24) is 5.32 Å². The normalized spacial score (nSPS) is 24.5. The average Bonchev–Trinajstić information content (AvgIpc) is 3.56. The molecule has 4 rings (SSSR count). The number of hydrogen-bond acceptors (Lipinski definition) is 7. The monoisotopic (exact) mass is 447 g/mol. The Labute approximate surface area is 188 Å². The van der Waals surface area contributed by atoms with Gasteiger partial charge in [0.05, 0.1) is 39.5 Å². The van der Waals surface area contributed by atoms with Crippen molar-refractivity contribution in [3.8, 4) is 0 Å². The van der Waals surface area contributed by atoms with Gasteiger partial charge in [0, 0.05) is 24.1 Å². The molecular formula is C24H33NO7. The lowest BCUT2D eigenvalue weighted by molar-refractivity contribution is -0.146. The molecule has 3 aliphatic rings. The Balaban J connectivity index is 1.26. The second kappa shape index (κ2) is 11.2. The van der Waals surface area contributed by atoms with Gasteiger partial charge in [-0.05, 0) is 43.6 Å². The Kier molecular flexibility index (Phi) is 8.13. The lowest BCUT2D eigenvalue weighted by Gasteiger charge is -2.27. The summed E-state index contributed by atoms with van der Waals surface area (Å²) in [5.74, 6) is 0.365. The van der Waals surface area contributed by atoms with Gasteiger partial charge in [0.15, 0.2) is 12.6 Å². The standard InChI is InChI=1S/C24H33NO7/c1-28-22(27)18-6-2-17(3-7-18)15-25-21(26)9-5-16-4-8-19(23-29-10-11-30-23)20(14-16)24-31-12-13-32-24/h4,8,14,17-18,23-24H,2-3,5-7,9-13,15H2,1H3,(H,25,26). The molecule has 8 heteroatoms. The molecule has 2 saturated heterocycles. The van der Waals surface area contributed by atoms with Crippen LogP contribution in [0.4, 0.5) is 0 Å². The van der Waals surface area contributed by atoms with Gasteiger partial charge in [-0.3, -0.25) is 9.59 Å². The van der Waals surface area contributed by atoms with Crippen LogP contribution in [0.25, 0.3) is 0 Å². The minimum absolute atomic E-state index is 0.0111. The Morgan fingerprint density at radius 1 is 0.938 bits per heavy atom. The molecule has 0 unspecified atom stereocenters. The fourth-order valence-corrected chi connectivity index (χ4v) is 4.65. The third-order valence-electron chi connectivity index (χ3n) is 6.51. The number of esters is 1. The number of carbonyl (C=O) groups is 2. The van der Waals surface area contributed by atoms with Crippen LogP contribution >= 0.6 is 0 Å². The zero-order valence-electron chi connectivity index (χ0n) is 18.7. The van der Waals surface area contributed by atoms with E-state index in [4.69, 9.17) is 23.7 Å². The number of amides is 1. The first-order valence-corrected chi connectivity index (χ1v) is 11.6. The molecule has 1 aliphatic carbocycles. The molecule has 1 amide bonds. The third kappa shape index (κ3) is 5.86. The van der Waals surface area contributed by atoms with Crippen LogP contribution in [-0.2, 0) is 39.7 Å². The quantitative estimate of drug-likeness (QED) is 0.613. The molecule has 0 radical (unpaired) electrons. The van der Waals surface area contributed by atoms with Crippen LogP contribution in [0, 0.1) is 11.8 Å². The summed E-state index contributed by atoms with van der Waals surface area (Å²) in [5, 5.41) is 3.06. The highest BCUT2D eigenvalue weighted by Gasteiger charge is 2.29. The zero-order valence-corrected chi connectivity index (χ0v) is 18.7. The van der Waals surface area contributed by atoms with Crippen molar-refractivity contribution in [2.24, 2.45) is 11.8 Å². The van der Waals surface area contributed by atoms with Crippen molar-refractivity contribution in [1.29, 1.82) is 0 Å². The van der Waals surface area contributed by atoms with E-state index in [1.807, 2.05) is 18.2 Å². The fourth-order valence-electron chi connectivity index (χ4n) is 4.65. The van der Waals surface area contributed by atoms with E-state index in [0.717, 1.165) is 42.4 Å². The number of carbonyl (C=O) groups excluding carboxylic acids is 2. The molecule has 1 N–H and O–H groups in total. The molecule has 2 aliphatic heterocycles. The predicted octanol–water partition coefficient (Wildman–Crippen LogP) is 2.81. The van der Waals surface area contributed by atoms with Gasteiger partial charge in [0.25, 0.3) is 0 Å². The van der Waals surface area contributed by atoms with Crippen molar-refractivity contribution >= 4 is 11.9 Å². The van der Waals surface area contributed by atoms with E-state index >= 15 is 0 Å². The van der Waals surface area contributed by atoms with Crippen LogP contribution in [0.1, 0.15) is 61.4 Å². The Morgan fingerprint density at radius 3 is 2.19 bits per heavy atom. The van der Waals surface area contributed by atoms with Gasteiger partial charge in [-0.1, -0.05) is 18.2 Å². The summed E-state index contributed by atoms with van der Waals surface area (Å²) in [6, 6.07) is 6.04. The predicted molar refractivity (Wildman–Crippen MR) is 115 cm³/mol. The first-order valence-electron chi connectivity index (χ1n) is 11.6. The summed E-state index contributed by atoms with van der Waals surface area (Å²) < 4.78 is 27.6. The molecule has 176 valence electrons. The lowest BCUT2D eigenvalue weighted by atomic mass is 9.82. The van der Waals surface area contributed by atoms with Gasteiger partial charge >= 0.3 is 5.97 Å². The van der Waals surface area contributed by atoms with Gasteiger partial charge in [-0.2, -0.15) is 0 Å². The second-order valence-corrected chi connectivity index (χ2v) is 8.66. The average molecular weight is 448 g/mol. The van der Waals surface area contributed by atoms with E-state index < -0.39 is 12.6 Å². The van der Waals surface area contributed by atoms with Gasteiger partial charge in [-0.25, -0.2) is 0 Å². The largest absolute Gasteiger partial charge is 0.469 e. The zero-order chi connectivity index (χ0) is 22.3. The molecule has 8 nitrogen and oxygen atoms in total. The number of nitrogens with one attached hydrogen (secondary N) is 1. The molecule has 2 heterocycles. The first-order chi connectivity index (χ1) is 15.6. The van der Waals surface area contributed by atoms with Gasteiger partial charge in [0.2, 0.25) is 5.91 Å². The molecular weight excluding hydrogens is 414 g/mol. The van der Waals surface area contributed by atoms with Gasteiger partial charge in [0.1, 0.15) is 0 Å². The first kappa shape index (κ1) is 23.2. The van der Waals surface area contributed by atoms with Crippen molar-refractivity contribution in [2.75, 3.05) is 40.1 Å². The SMILES string of the molecule is COC(=O)C1CCC(CNC(=O)CCc2ccc(C3OCCO3)c(C3OCCO3)c2)CC1. The number of benzene rings is 1. The molecule has 0 aromatic heterocycles. The highest BCUT2D eigenvalue weighted by atomic mass is 16.7. The third-order valence-corrected chi connectivity index (χ3v) is 6.51. The Bertz CT molecular complexity index is 779. The molecule has 1 aromatic carbocycles. The summed E-state index contributed by atoms with van der Waals surface area (Å²) in [6.45, 7) is 2.93. The maximum Gasteiger partial charge on any atom is 0.308 e. The van der Waals surface area contributed by atoms with Crippen molar-refractivity contribution in [3.63, 3.8) is 0 Å². The Hall–Kier alpha value is -2.00. The lowest BCUT2D eigenvalue weighted by Crippen LogP contribution is -2.32. The van der Waals surface area contributed by atoms with Crippen LogP contribution in [0.3, 0.4) is 0 Å². The molecule has 3 fully saturated rings. The van der Waals surface area contributed by atoms with E-state index in [-0.39, 0.29) is 17.8 Å². The molecule has 1 aromatic rings. The molecule has 1 saturated carbocycles. The summed E-state index contributed by atoms with van der Waals surface area (Å²) in [5.41, 5.74) is 2.88. The minimum Gasteiger partial charge on any atom is -0.469 e. The van der Waals surface area contributed by atoms with E-state index in [1.54, 1.807) is 0 Å². The number of rotatable bonds is 8. The highest BCUT2D eigenvalue weighted by molar-refractivity contribution is 5.76. The van der Waals surface area contributed by atoms with Crippen LogP contribution in [0.2, 0.25) is 0 Å². The summed E-state index contributed by atoms with van der Waals surface area (Å²) >= 11 is 0. The van der Waals surface area contributed by atoms with E-state index in [0.29, 0.717) is 51.7 Å². The smallest absolute Gasteiger partial charge is 0.308 e. The topological polar surface area (TPSA) is 92.3 Å². The summed E-state index contributed by atoms with van der Waals surface area (Å²) in [4.78, 5) is 24.1. The number of hydrogen-bond donors (Lipinski definition) is 1. The number of aryl methyl sites for hydroxylation is 1. The van der Waals surface area contributed by atoms with Crippen molar-refractivity contribution in [3.05, 3.63) is 34.9 Å². The van der Waals surface area contributed by atoms with E-state index in [9.17, 15) is 9.59 Å². The van der Waals surface area contributed by atoms with Crippen LogP contribution < -0.4 is 5.32 Å². The van der Waals surface area contributed by atoms with Crippen LogP contribution in [-0.4, -0.2) is 52.0 Å². The number of methoxy groups -OCH3 is 1. The summed E-state index contributed by atoms with van der Waals surface area (Å²) in [6.07, 6.45) is 3.78.